The van der Waals surface area contributed by atoms with E-state index in [1.165, 1.54) is 0 Å². The zero-order chi connectivity index (χ0) is 19.1. The number of benzene rings is 1. The number of rotatable bonds is 3. The molecule has 0 N–H and O–H groups in total. The molecule has 26 heavy (non-hydrogen) atoms. The molecule has 1 aliphatic rings. The van der Waals surface area contributed by atoms with Gasteiger partial charge in [0.15, 0.2) is 0 Å². The molecule has 2 aromatic rings. The quantitative estimate of drug-likeness (QED) is 0.766. The summed E-state index contributed by atoms with van der Waals surface area (Å²) in [6.07, 6.45) is -2.76. The van der Waals surface area contributed by atoms with E-state index in [4.69, 9.17) is 16.0 Å². The Morgan fingerprint density at radius 2 is 2.00 bits per heavy atom. The zero-order valence-corrected chi connectivity index (χ0v) is 15.2. The van der Waals surface area contributed by atoms with Crippen LogP contribution >= 0.6 is 11.6 Å². The molecule has 2 heterocycles. The summed E-state index contributed by atoms with van der Waals surface area (Å²) in [5.41, 5.74) is -1.01. The minimum atomic E-state index is -4.61. The van der Waals surface area contributed by atoms with Crippen LogP contribution in [0.4, 0.5) is 13.2 Å². The monoisotopic (exact) mass is 409 g/mol. The van der Waals surface area contributed by atoms with Crippen LogP contribution < -0.4 is 0 Å². The summed E-state index contributed by atoms with van der Waals surface area (Å²) >= 11 is 5.88. The van der Waals surface area contributed by atoms with Gasteiger partial charge >= 0.3 is 6.18 Å². The summed E-state index contributed by atoms with van der Waals surface area (Å²) in [6.45, 7) is 1.77. The fourth-order valence-electron chi connectivity index (χ4n) is 2.90. The Kier molecular flexibility index (Phi) is 5.02. The van der Waals surface area contributed by atoms with Gasteiger partial charge in [-0.25, -0.2) is 8.42 Å². The Balaban J connectivity index is 2.00. The van der Waals surface area contributed by atoms with Crippen molar-refractivity contribution in [1.82, 2.24) is 14.5 Å². The Morgan fingerprint density at radius 3 is 2.58 bits per heavy atom. The highest BCUT2D eigenvalue weighted by molar-refractivity contribution is 7.89. The third-order valence-corrected chi connectivity index (χ3v) is 6.52. The van der Waals surface area contributed by atoms with Crippen molar-refractivity contribution in [2.45, 2.75) is 43.3 Å². The van der Waals surface area contributed by atoms with Gasteiger partial charge in [-0.15, -0.1) is 10.2 Å². The molecule has 11 heteroatoms. The van der Waals surface area contributed by atoms with Gasteiger partial charge in [0.25, 0.3) is 0 Å². The van der Waals surface area contributed by atoms with Crippen LogP contribution in [0.1, 0.15) is 42.6 Å². The van der Waals surface area contributed by atoms with Gasteiger partial charge in [-0.2, -0.15) is 17.5 Å². The van der Waals surface area contributed by atoms with Gasteiger partial charge in [0.05, 0.1) is 10.6 Å². The average Bonchev–Trinajstić information content (AvgIpc) is 3.00. The molecule has 1 aromatic carbocycles. The summed E-state index contributed by atoms with van der Waals surface area (Å²) in [5, 5.41) is 7.13. The highest BCUT2D eigenvalue weighted by atomic mass is 35.5. The molecule has 1 unspecified atom stereocenters. The number of halogens is 4. The van der Waals surface area contributed by atoms with Crippen molar-refractivity contribution in [2.24, 2.45) is 0 Å². The Hall–Kier alpha value is -1.65. The van der Waals surface area contributed by atoms with Gasteiger partial charge in [-0.05, 0) is 31.0 Å². The summed E-state index contributed by atoms with van der Waals surface area (Å²) in [5.74, 6) is 0.462. The average molecular weight is 410 g/mol. The van der Waals surface area contributed by atoms with Crippen molar-refractivity contribution in [3.05, 3.63) is 40.6 Å². The lowest BCUT2D eigenvalue weighted by Gasteiger charge is -2.32. The van der Waals surface area contributed by atoms with Crippen molar-refractivity contribution < 1.29 is 26.0 Å². The van der Waals surface area contributed by atoms with Crippen molar-refractivity contribution in [3.8, 4) is 0 Å². The van der Waals surface area contributed by atoms with Crippen LogP contribution in [-0.4, -0.2) is 29.5 Å². The fraction of sp³-hybridized carbons (Fsp3) is 0.467. The zero-order valence-electron chi connectivity index (χ0n) is 13.6. The first kappa shape index (κ1) is 19.1. The van der Waals surface area contributed by atoms with Gasteiger partial charge in [-0.3, -0.25) is 0 Å². The van der Waals surface area contributed by atoms with Gasteiger partial charge in [-0.1, -0.05) is 18.0 Å². The second-order valence-corrected chi connectivity index (χ2v) is 8.20. The van der Waals surface area contributed by atoms with Gasteiger partial charge in [0, 0.05) is 13.5 Å². The van der Waals surface area contributed by atoms with E-state index in [1.54, 1.807) is 6.92 Å². The van der Waals surface area contributed by atoms with E-state index in [2.05, 4.69) is 10.2 Å². The number of hydrogen-bond donors (Lipinski definition) is 0. The Morgan fingerprint density at radius 1 is 1.27 bits per heavy atom. The predicted octanol–water partition coefficient (Wildman–Crippen LogP) is 3.97. The van der Waals surface area contributed by atoms with Crippen LogP contribution in [0.3, 0.4) is 0 Å². The first-order valence-electron chi connectivity index (χ1n) is 7.79. The Labute approximate surface area is 153 Å². The lowest BCUT2D eigenvalue weighted by Crippen LogP contribution is -2.38. The van der Waals surface area contributed by atoms with Crippen molar-refractivity contribution in [2.75, 3.05) is 6.54 Å². The molecule has 1 atom stereocenters. The molecule has 0 saturated carbocycles. The molecule has 6 nitrogen and oxygen atoms in total. The number of hydrogen-bond acceptors (Lipinski definition) is 5. The number of sulfonamides is 1. The van der Waals surface area contributed by atoms with E-state index >= 15 is 0 Å². The summed E-state index contributed by atoms with van der Waals surface area (Å²) in [4.78, 5) is -0.379. The van der Waals surface area contributed by atoms with E-state index < -0.39 is 32.8 Å². The van der Waals surface area contributed by atoms with Gasteiger partial charge in [0.1, 0.15) is 10.9 Å². The van der Waals surface area contributed by atoms with Crippen molar-refractivity contribution >= 4 is 21.6 Å². The lowest BCUT2D eigenvalue weighted by molar-refractivity contribution is -0.137. The highest BCUT2D eigenvalue weighted by Crippen LogP contribution is 2.38. The summed E-state index contributed by atoms with van der Waals surface area (Å²) < 4.78 is 71.0. The number of aromatic nitrogens is 2. The van der Waals surface area contributed by atoms with Crippen LogP contribution in [0.15, 0.2) is 27.5 Å². The van der Waals surface area contributed by atoms with E-state index in [-0.39, 0.29) is 17.3 Å². The standard InChI is InChI=1S/C15H15ClF3N3O3S/c1-9-20-21-14(25-9)12-4-2-3-7-22(12)26(23,24)13-6-5-10(8-11(13)16)15(17,18)19/h5-6,8,12H,2-4,7H2,1H3. The molecule has 3 rings (SSSR count). The largest absolute Gasteiger partial charge is 0.424 e. The fourth-order valence-corrected chi connectivity index (χ4v) is 5.07. The van der Waals surface area contributed by atoms with Crippen LogP contribution in [-0.2, 0) is 16.2 Å². The maximum Gasteiger partial charge on any atom is 0.416 e. The molecule has 1 saturated heterocycles. The first-order chi connectivity index (χ1) is 12.1. The molecule has 0 radical (unpaired) electrons. The minimum Gasteiger partial charge on any atom is -0.424 e. The smallest absolute Gasteiger partial charge is 0.416 e. The molecule has 1 aliphatic heterocycles. The molecule has 0 bridgehead atoms. The van der Waals surface area contributed by atoms with Gasteiger partial charge in [0.2, 0.25) is 21.8 Å². The maximum atomic E-state index is 13.0. The summed E-state index contributed by atoms with van der Waals surface area (Å²) in [7, 11) is -4.14. The Bertz CT molecular complexity index is 914. The summed E-state index contributed by atoms with van der Waals surface area (Å²) in [6, 6.07) is 1.53. The molecular weight excluding hydrogens is 395 g/mol. The molecule has 1 fully saturated rings. The number of nitrogens with zero attached hydrogens (tertiary/aromatic N) is 3. The van der Waals surface area contributed by atoms with Crippen molar-refractivity contribution in [1.29, 1.82) is 0 Å². The highest BCUT2D eigenvalue weighted by Gasteiger charge is 2.39. The normalized spacial score (nSPS) is 19.7. The maximum absolute atomic E-state index is 13.0. The SMILES string of the molecule is Cc1nnc(C2CCCCN2S(=O)(=O)c2ccc(C(F)(F)F)cc2Cl)o1. The molecular formula is C15H15ClF3N3O3S. The van der Waals surface area contributed by atoms with Crippen LogP contribution in [0.2, 0.25) is 5.02 Å². The van der Waals surface area contributed by atoms with Gasteiger partial charge < -0.3 is 4.42 Å². The molecule has 0 amide bonds. The van der Waals surface area contributed by atoms with Crippen LogP contribution in [0, 0.1) is 6.92 Å². The van der Waals surface area contributed by atoms with E-state index in [0.29, 0.717) is 30.9 Å². The molecule has 0 spiro atoms. The number of aryl methyl sites for hydroxylation is 1. The third kappa shape index (κ3) is 3.58. The molecule has 0 aliphatic carbocycles. The predicted molar refractivity (Wildman–Crippen MR) is 86.0 cm³/mol. The van der Waals surface area contributed by atoms with Crippen LogP contribution in [0.25, 0.3) is 0 Å². The third-order valence-electron chi connectivity index (χ3n) is 4.13. The van der Waals surface area contributed by atoms with Crippen LogP contribution in [0.5, 0.6) is 0 Å². The molecule has 142 valence electrons. The topological polar surface area (TPSA) is 76.3 Å². The van der Waals surface area contributed by atoms with E-state index in [1.807, 2.05) is 0 Å². The van der Waals surface area contributed by atoms with Crippen molar-refractivity contribution in [3.63, 3.8) is 0 Å². The number of piperidine rings is 1. The first-order valence-corrected chi connectivity index (χ1v) is 9.61. The molecule has 1 aromatic heterocycles. The second-order valence-electron chi connectivity index (χ2n) is 5.93. The lowest BCUT2D eigenvalue weighted by atomic mass is 10.1. The number of alkyl halides is 3. The van der Waals surface area contributed by atoms with E-state index in [9.17, 15) is 21.6 Å². The minimum absolute atomic E-state index is 0.161. The van der Waals surface area contributed by atoms with E-state index in [0.717, 1.165) is 16.8 Å². The second kappa shape index (κ2) is 6.82.